The van der Waals surface area contributed by atoms with E-state index in [4.69, 9.17) is 0 Å². The van der Waals surface area contributed by atoms with Crippen LogP contribution in [0.2, 0.25) is 0 Å². The molecule has 0 aliphatic carbocycles. The third-order valence-electron chi connectivity index (χ3n) is 3.77. The molecule has 0 atom stereocenters. The van der Waals surface area contributed by atoms with E-state index in [1.807, 2.05) is 27.0 Å². The van der Waals surface area contributed by atoms with Gasteiger partial charge in [0.2, 0.25) is 0 Å². The van der Waals surface area contributed by atoms with Crippen LogP contribution >= 0.6 is 0 Å². The van der Waals surface area contributed by atoms with Crippen LogP contribution in [0.4, 0.5) is 0 Å². The number of fused-ring (bicyclic) bond motifs is 1. The van der Waals surface area contributed by atoms with Crippen molar-refractivity contribution in [3.05, 3.63) is 23.0 Å². The number of aliphatic hydroxyl groups excluding tert-OH is 1. The summed E-state index contributed by atoms with van der Waals surface area (Å²) in [6.45, 7) is 6.81. The summed E-state index contributed by atoms with van der Waals surface area (Å²) >= 11 is 0. The van der Waals surface area contributed by atoms with Gasteiger partial charge in [0.25, 0.3) is 5.91 Å². The second kappa shape index (κ2) is 6.87. The molecule has 0 aliphatic rings. The monoisotopic (exact) mass is 304 g/mol. The fraction of sp³-hybridized carbons (Fsp3) is 0.562. The zero-order chi connectivity index (χ0) is 16.3. The predicted molar refractivity (Wildman–Crippen MR) is 85.9 cm³/mol. The molecule has 0 saturated carbocycles. The van der Waals surface area contributed by atoms with E-state index in [0.29, 0.717) is 18.7 Å². The molecule has 0 aromatic carbocycles. The third kappa shape index (κ3) is 3.11. The molecule has 6 nitrogen and oxygen atoms in total. The summed E-state index contributed by atoms with van der Waals surface area (Å²) in [6, 6.07) is 1.82. The molecule has 120 valence electrons. The summed E-state index contributed by atoms with van der Waals surface area (Å²) < 4.78 is 1.71. The number of carbonyl (C=O) groups is 1. The molecule has 2 aromatic rings. The Morgan fingerprint density at radius 2 is 2.09 bits per heavy atom. The van der Waals surface area contributed by atoms with Crippen molar-refractivity contribution in [2.75, 3.05) is 19.7 Å². The van der Waals surface area contributed by atoms with Crippen molar-refractivity contribution >= 4 is 16.9 Å². The lowest BCUT2D eigenvalue weighted by Gasteiger charge is -2.22. The molecule has 2 rings (SSSR count). The van der Waals surface area contributed by atoms with Crippen molar-refractivity contribution in [1.82, 2.24) is 19.7 Å². The zero-order valence-electron chi connectivity index (χ0n) is 13.8. The number of unbranched alkanes of at least 4 members (excludes halogenated alkanes) is 1. The molecule has 2 aromatic heterocycles. The van der Waals surface area contributed by atoms with Crippen molar-refractivity contribution in [2.45, 2.75) is 33.6 Å². The van der Waals surface area contributed by atoms with E-state index in [9.17, 15) is 9.90 Å². The van der Waals surface area contributed by atoms with Crippen molar-refractivity contribution in [2.24, 2.45) is 7.05 Å². The maximum absolute atomic E-state index is 12.9. The Morgan fingerprint density at radius 1 is 1.36 bits per heavy atom. The average Bonchev–Trinajstić information content (AvgIpc) is 2.76. The van der Waals surface area contributed by atoms with E-state index in [2.05, 4.69) is 17.0 Å². The lowest BCUT2D eigenvalue weighted by Crippen LogP contribution is -2.34. The number of hydrogen-bond donors (Lipinski definition) is 1. The van der Waals surface area contributed by atoms with Crippen molar-refractivity contribution in [3.63, 3.8) is 0 Å². The number of carbonyl (C=O) groups excluding carboxylic acids is 1. The number of aliphatic hydroxyl groups is 1. The van der Waals surface area contributed by atoms with Gasteiger partial charge in [-0.3, -0.25) is 9.48 Å². The molecule has 0 bridgehead atoms. The number of nitrogens with zero attached hydrogens (tertiary/aromatic N) is 4. The number of aromatic nitrogens is 3. The fourth-order valence-corrected chi connectivity index (χ4v) is 2.69. The molecule has 6 heteroatoms. The first-order valence-corrected chi connectivity index (χ1v) is 7.70. The lowest BCUT2D eigenvalue weighted by molar-refractivity contribution is 0.0721. The molecule has 0 fully saturated rings. The molecule has 1 N–H and O–H groups in total. The lowest BCUT2D eigenvalue weighted by atomic mass is 10.1. The van der Waals surface area contributed by atoms with Crippen LogP contribution in [-0.4, -0.2) is 50.4 Å². The summed E-state index contributed by atoms with van der Waals surface area (Å²) in [5.74, 6) is -0.0610. The van der Waals surface area contributed by atoms with Gasteiger partial charge in [-0.25, -0.2) is 4.98 Å². The van der Waals surface area contributed by atoms with E-state index < -0.39 is 0 Å². The molecule has 1 amide bonds. The maximum Gasteiger partial charge on any atom is 0.254 e. The van der Waals surface area contributed by atoms with Crippen molar-refractivity contribution < 1.29 is 9.90 Å². The van der Waals surface area contributed by atoms with Gasteiger partial charge in [-0.2, -0.15) is 5.10 Å². The Labute approximate surface area is 130 Å². The van der Waals surface area contributed by atoms with Gasteiger partial charge in [-0.1, -0.05) is 13.3 Å². The average molecular weight is 304 g/mol. The Balaban J connectivity index is 2.49. The highest BCUT2D eigenvalue weighted by molar-refractivity contribution is 6.06. The summed E-state index contributed by atoms with van der Waals surface area (Å²) in [6.07, 6.45) is 1.93. The van der Waals surface area contributed by atoms with E-state index >= 15 is 0 Å². The van der Waals surface area contributed by atoms with Crippen LogP contribution in [0.1, 0.15) is 41.5 Å². The van der Waals surface area contributed by atoms with Crippen LogP contribution in [0.3, 0.4) is 0 Å². The highest BCUT2D eigenvalue weighted by Gasteiger charge is 2.21. The van der Waals surface area contributed by atoms with Crippen LogP contribution in [-0.2, 0) is 7.05 Å². The van der Waals surface area contributed by atoms with Gasteiger partial charge in [0.1, 0.15) is 0 Å². The normalized spacial score (nSPS) is 11.1. The maximum atomic E-state index is 12.9. The number of hydrogen-bond acceptors (Lipinski definition) is 4. The van der Waals surface area contributed by atoms with Crippen LogP contribution in [0.15, 0.2) is 6.07 Å². The minimum atomic E-state index is -0.0610. The highest BCUT2D eigenvalue weighted by atomic mass is 16.3. The minimum absolute atomic E-state index is 0.0331. The molecule has 2 heterocycles. The summed E-state index contributed by atoms with van der Waals surface area (Å²) in [7, 11) is 1.83. The first kappa shape index (κ1) is 16.4. The van der Waals surface area contributed by atoms with Gasteiger partial charge in [0, 0.05) is 25.8 Å². The molecule has 0 aliphatic heterocycles. The SMILES string of the molecule is CCCCN(CCO)C(=O)c1cc(C)nc2c1c(C)nn2C. The number of aryl methyl sites for hydroxylation is 3. The Morgan fingerprint density at radius 3 is 2.73 bits per heavy atom. The van der Waals surface area contributed by atoms with Gasteiger partial charge in [0.05, 0.1) is 23.3 Å². The van der Waals surface area contributed by atoms with Gasteiger partial charge >= 0.3 is 0 Å². The van der Waals surface area contributed by atoms with Gasteiger partial charge < -0.3 is 10.0 Å². The summed E-state index contributed by atoms with van der Waals surface area (Å²) in [5, 5.41) is 14.4. The van der Waals surface area contributed by atoms with Gasteiger partial charge in [-0.15, -0.1) is 0 Å². The quantitative estimate of drug-likeness (QED) is 0.883. The Kier molecular flexibility index (Phi) is 5.13. The molecule has 0 spiro atoms. The summed E-state index contributed by atoms with van der Waals surface area (Å²) in [5.41, 5.74) is 2.93. The number of rotatable bonds is 6. The van der Waals surface area contributed by atoms with Crippen molar-refractivity contribution in [3.8, 4) is 0 Å². The molecular weight excluding hydrogens is 280 g/mol. The predicted octanol–water partition coefficient (Wildman–Crippen LogP) is 1.82. The first-order valence-electron chi connectivity index (χ1n) is 7.70. The molecular formula is C16H24N4O2. The molecule has 0 saturated heterocycles. The third-order valence-corrected chi connectivity index (χ3v) is 3.77. The van der Waals surface area contributed by atoms with E-state index in [-0.39, 0.29) is 12.5 Å². The minimum Gasteiger partial charge on any atom is -0.395 e. The molecule has 0 unspecified atom stereocenters. The van der Waals surface area contributed by atoms with Crippen LogP contribution in [0.5, 0.6) is 0 Å². The second-order valence-electron chi connectivity index (χ2n) is 5.59. The zero-order valence-corrected chi connectivity index (χ0v) is 13.8. The molecule has 0 radical (unpaired) electrons. The highest BCUT2D eigenvalue weighted by Crippen LogP contribution is 2.23. The van der Waals surface area contributed by atoms with Gasteiger partial charge in [-0.05, 0) is 26.3 Å². The first-order chi connectivity index (χ1) is 10.5. The number of amides is 1. The number of pyridine rings is 1. The van der Waals surface area contributed by atoms with Crippen LogP contribution < -0.4 is 0 Å². The molecule has 22 heavy (non-hydrogen) atoms. The van der Waals surface area contributed by atoms with E-state index in [0.717, 1.165) is 35.3 Å². The Hall–Kier alpha value is -1.95. The fourth-order valence-electron chi connectivity index (χ4n) is 2.69. The topological polar surface area (TPSA) is 71.2 Å². The van der Waals surface area contributed by atoms with E-state index in [1.165, 1.54) is 0 Å². The Bertz CT molecular complexity index is 678. The van der Waals surface area contributed by atoms with E-state index in [1.54, 1.807) is 9.58 Å². The largest absolute Gasteiger partial charge is 0.395 e. The second-order valence-corrected chi connectivity index (χ2v) is 5.59. The van der Waals surface area contributed by atoms with Crippen LogP contribution in [0, 0.1) is 13.8 Å². The van der Waals surface area contributed by atoms with Crippen molar-refractivity contribution in [1.29, 1.82) is 0 Å². The standard InChI is InChI=1S/C16H24N4O2/c1-5-6-7-20(8-9-21)16(22)13-10-11(2)17-15-14(13)12(3)18-19(15)4/h10,21H,5-9H2,1-4H3. The summed E-state index contributed by atoms with van der Waals surface area (Å²) in [4.78, 5) is 19.1. The smallest absolute Gasteiger partial charge is 0.254 e. The van der Waals surface area contributed by atoms with Gasteiger partial charge in [0.15, 0.2) is 5.65 Å². The van der Waals surface area contributed by atoms with Crippen LogP contribution in [0.25, 0.3) is 11.0 Å².